The third-order valence-electron chi connectivity index (χ3n) is 3.51. The average molecular weight is 324 g/mol. The number of halogens is 1. The van der Waals surface area contributed by atoms with E-state index in [-0.39, 0.29) is 0 Å². The molecule has 19 heavy (non-hydrogen) atoms. The molecule has 1 aromatic carbocycles. The van der Waals surface area contributed by atoms with Gasteiger partial charge in [-0.3, -0.25) is 0 Å². The molecule has 0 unspecified atom stereocenters. The summed E-state index contributed by atoms with van der Waals surface area (Å²) < 4.78 is 6.68. The van der Waals surface area contributed by atoms with E-state index < -0.39 is 0 Å². The standard InChI is InChI=1S/C14H18BrN3O/c1-6-7(2)13(19-5)10(8(3)11(6)15)12-9(4)17-14(16)18-12/h1-5H3,(H3,16,17,18). The number of nitrogens with one attached hydrogen (secondary N) is 1. The number of hydrogen-bond donors (Lipinski definition) is 2. The Morgan fingerprint density at radius 3 is 2.21 bits per heavy atom. The molecule has 0 saturated heterocycles. The highest BCUT2D eigenvalue weighted by Crippen LogP contribution is 2.42. The van der Waals surface area contributed by atoms with Gasteiger partial charge in [0.1, 0.15) is 5.75 Å². The lowest BCUT2D eigenvalue weighted by Gasteiger charge is -2.18. The van der Waals surface area contributed by atoms with Crippen LogP contribution in [0, 0.1) is 27.7 Å². The summed E-state index contributed by atoms with van der Waals surface area (Å²) >= 11 is 3.65. The minimum atomic E-state index is 0.420. The van der Waals surface area contributed by atoms with Gasteiger partial charge in [0, 0.05) is 15.7 Å². The van der Waals surface area contributed by atoms with Crippen molar-refractivity contribution >= 4 is 21.9 Å². The Morgan fingerprint density at radius 2 is 1.74 bits per heavy atom. The van der Waals surface area contributed by atoms with Crippen molar-refractivity contribution in [2.75, 3.05) is 12.8 Å². The first-order valence-corrected chi connectivity index (χ1v) is 6.83. The number of anilines is 1. The maximum absolute atomic E-state index is 5.75. The van der Waals surface area contributed by atoms with Gasteiger partial charge in [-0.1, -0.05) is 15.9 Å². The number of aryl methyl sites for hydroxylation is 1. The van der Waals surface area contributed by atoms with E-state index in [0.29, 0.717) is 5.95 Å². The van der Waals surface area contributed by atoms with E-state index in [1.54, 1.807) is 7.11 Å². The molecule has 4 nitrogen and oxygen atoms in total. The third kappa shape index (κ3) is 2.12. The molecule has 0 fully saturated rings. The summed E-state index contributed by atoms with van der Waals surface area (Å²) in [5, 5.41) is 0. The van der Waals surface area contributed by atoms with Gasteiger partial charge >= 0.3 is 0 Å². The number of aromatic nitrogens is 2. The molecule has 2 aromatic rings. The zero-order chi connectivity index (χ0) is 14.3. The highest BCUT2D eigenvalue weighted by molar-refractivity contribution is 9.10. The van der Waals surface area contributed by atoms with Crippen LogP contribution < -0.4 is 10.5 Å². The fraction of sp³-hybridized carbons (Fsp3) is 0.357. The minimum Gasteiger partial charge on any atom is -0.496 e. The number of aromatic amines is 1. The molecule has 0 saturated carbocycles. The number of nitrogens with zero attached hydrogens (tertiary/aromatic N) is 1. The molecule has 0 aliphatic carbocycles. The summed E-state index contributed by atoms with van der Waals surface area (Å²) in [5.74, 6) is 1.27. The van der Waals surface area contributed by atoms with Crippen LogP contribution in [0.25, 0.3) is 11.3 Å². The fourth-order valence-corrected chi connectivity index (χ4v) is 2.85. The largest absolute Gasteiger partial charge is 0.496 e. The number of hydrogen-bond acceptors (Lipinski definition) is 3. The van der Waals surface area contributed by atoms with Crippen LogP contribution in [0.15, 0.2) is 4.47 Å². The van der Waals surface area contributed by atoms with Crippen LogP contribution in [0.3, 0.4) is 0 Å². The van der Waals surface area contributed by atoms with Gasteiger partial charge in [-0.25, -0.2) is 4.98 Å². The molecule has 0 aliphatic heterocycles. The normalized spacial score (nSPS) is 10.8. The number of methoxy groups -OCH3 is 1. The average Bonchev–Trinajstić information content (AvgIpc) is 2.69. The molecule has 2 rings (SSSR count). The summed E-state index contributed by atoms with van der Waals surface area (Å²) in [5.41, 5.74) is 11.9. The van der Waals surface area contributed by atoms with Gasteiger partial charge in [-0.15, -0.1) is 0 Å². The molecule has 1 heterocycles. The van der Waals surface area contributed by atoms with Crippen LogP contribution in [-0.2, 0) is 0 Å². The molecular formula is C14H18BrN3O. The second-order valence-electron chi connectivity index (χ2n) is 4.69. The summed E-state index contributed by atoms with van der Waals surface area (Å²) in [6, 6.07) is 0. The number of benzene rings is 1. The summed E-state index contributed by atoms with van der Waals surface area (Å²) in [4.78, 5) is 7.42. The zero-order valence-corrected chi connectivity index (χ0v) is 13.4. The van der Waals surface area contributed by atoms with Crippen LogP contribution in [0.5, 0.6) is 5.75 Å². The lowest BCUT2D eigenvalue weighted by Crippen LogP contribution is -2.00. The van der Waals surface area contributed by atoms with Crippen molar-refractivity contribution in [1.82, 2.24) is 9.97 Å². The topological polar surface area (TPSA) is 63.9 Å². The van der Waals surface area contributed by atoms with Gasteiger partial charge in [0.25, 0.3) is 0 Å². The van der Waals surface area contributed by atoms with Crippen LogP contribution in [0.2, 0.25) is 0 Å². The second-order valence-corrected chi connectivity index (χ2v) is 5.49. The van der Waals surface area contributed by atoms with Crippen LogP contribution in [-0.4, -0.2) is 17.1 Å². The van der Waals surface area contributed by atoms with E-state index in [9.17, 15) is 0 Å². The minimum absolute atomic E-state index is 0.420. The predicted molar refractivity (Wildman–Crippen MR) is 81.6 cm³/mol. The van der Waals surface area contributed by atoms with Crippen molar-refractivity contribution in [1.29, 1.82) is 0 Å². The molecule has 0 bridgehead atoms. The van der Waals surface area contributed by atoms with Crippen molar-refractivity contribution in [2.45, 2.75) is 27.7 Å². The maximum Gasteiger partial charge on any atom is 0.198 e. The molecule has 0 atom stereocenters. The van der Waals surface area contributed by atoms with Crippen molar-refractivity contribution in [3.05, 3.63) is 26.9 Å². The second kappa shape index (κ2) is 4.89. The Labute approximate surface area is 121 Å². The van der Waals surface area contributed by atoms with Crippen molar-refractivity contribution in [2.24, 2.45) is 0 Å². The molecule has 0 spiro atoms. The van der Waals surface area contributed by atoms with Crippen molar-refractivity contribution in [3.8, 4) is 17.0 Å². The quantitative estimate of drug-likeness (QED) is 0.886. The highest BCUT2D eigenvalue weighted by Gasteiger charge is 2.21. The maximum atomic E-state index is 5.75. The number of imidazole rings is 1. The van der Waals surface area contributed by atoms with Gasteiger partial charge in [0.15, 0.2) is 5.95 Å². The van der Waals surface area contributed by atoms with Crippen LogP contribution in [0.1, 0.15) is 22.4 Å². The van der Waals surface area contributed by atoms with Gasteiger partial charge in [-0.2, -0.15) is 0 Å². The number of rotatable bonds is 2. The Morgan fingerprint density at radius 1 is 1.11 bits per heavy atom. The monoisotopic (exact) mass is 323 g/mol. The SMILES string of the molecule is COc1c(C)c(C)c(Br)c(C)c1-c1nc(N)[nH]c1C. The van der Waals surface area contributed by atoms with Crippen LogP contribution in [0.4, 0.5) is 5.95 Å². The highest BCUT2D eigenvalue weighted by atomic mass is 79.9. The first-order valence-electron chi connectivity index (χ1n) is 6.04. The molecular weight excluding hydrogens is 306 g/mol. The summed E-state index contributed by atoms with van der Waals surface area (Å²) in [7, 11) is 1.68. The molecule has 0 aliphatic rings. The lowest BCUT2D eigenvalue weighted by molar-refractivity contribution is 0.412. The molecule has 0 radical (unpaired) electrons. The Balaban J connectivity index is 2.86. The van der Waals surface area contributed by atoms with Crippen molar-refractivity contribution < 1.29 is 4.74 Å². The van der Waals surface area contributed by atoms with Gasteiger partial charge in [0.05, 0.1) is 12.8 Å². The number of ether oxygens (including phenoxy) is 1. The first kappa shape index (κ1) is 13.9. The number of nitrogens with two attached hydrogens (primary N) is 1. The van der Waals surface area contributed by atoms with Gasteiger partial charge < -0.3 is 15.5 Å². The zero-order valence-electron chi connectivity index (χ0n) is 11.8. The Kier molecular flexibility index (Phi) is 3.58. The number of nitrogen functional groups attached to an aromatic ring is 1. The lowest BCUT2D eigenvalue weighted by atomic mass is 9.96. The van der Waals surface area contributed by atoms with Gasteiger partial charge in [-0.05, 0) is 44.4 Å². The smallest absolute Gasteiger partial charge is 0.198 e. The van der Waals surface area contributed by atoms with Crippen molar-refractivity contribution in [3.63, 3.8) is 0 Å². The van der Waals surface area contributed by atoms with E-state index >= 15 is 0 Å². The van der Waals surface area contributed by atoms with E-state index in [2.05, 4.69) is 39.7 Å². The van der Waals surface area contributed by atoms with E-state index in [1.807, 2.05) is 13.8 Å². The van der Waals surface area contributed by atoms with Gasteiger partial charge in [0.2, 0.25) is 0 Å². The predicted octanol–water partition coefficient (Wildman–Crippen LogP) is 3.66. The van der Waals surface area contributed by atoms with E-state index in [4.69, 9.17) is 10.5 Å². The molecule has 102 valence electrons. The number of H-pyrrole nitrogens is 1. The fourth-order valence-electron chi connectivity index (χ4n) is 2.35. The van der Waals surface area contributed by atoms with E-state index in [0.717, 1.165) is 38.3 Å². The third-order valence-corrected chi connectivity index (χ3v) is 4.70. The Hall–Kier alpha value is -1.49. The molecule has 0 amide bonds. The molecule has 1 aromatic heterocycles. The molecule has 5 heteroatoms. The van der Waals surface area contributed by atoms with E-state index in [1.165, 1.54) is 5.56 Å². The summed E-state index contributed by atoms with van der Waals surface area (Å²) in [6.45, 7) is 8.14. The van der Waals surface area contributed by atoms with Crippen LogP contribution >= 0.6 is 15.9 Å². The molecule has 3 N–H and O–H groups in total. The first-order chi connectivity index (χ1) is 8.88. The summed E-state index contributed by atoms with van der Waals surface area (Å²) in [6.07, 6.45) is 0. The Bertz CT molecular complexity index is 647.